The Labute approximate surface area is 179 Å². The number of carbonyl (C=O) groups is 1. The van der Waals surface area contributed by atoms with Crippen molar-refractivity contribution in [1.82, 2.24) is 10.2 Å². The van der Waals surface area contributed by atoms with Gasteiger partial charge in [0.15, 0.2) is 0 Å². The van der Waals surface area contributed by atoms with Gasteiger partial charge in [-0.3, -0.25) is 9.69 Å². The number of likely N-dealkylation sites (tertiary alicyclic amines) is 1. The predicted octanol–water partition coefficient (Wildman–Crippen LogP) is 5.14. The van der Waals surface area contributed by atoms with Crippen LogP contribution in [0.4, 0.5) is 0 Å². The van der Waals surface area contributed by atoms with E-state index in [-0.39, 0.29) is 17.9 Å². The largest absolute Gasteiger partial charge is 0.496 e. The molecular formula is C24H31ClN2O2. The second-order valence-electron chi connectivity index (χ2n) is 7.88. The first kappa shape index (κ1) is 21.7. The minimum Gasteiger partial charge on any atom is -0.496 e. The third-order valence-corrected chi connectivity index (χ3v) is 6.03. The van der Waals surface area contributed by atoms with Gasteiger partial charge in [-0.2, -0.15) is 0 Å². The molecule has 156 valence electrons. The average molecular weight is 415 g/mol. The molecule has 1 fully saturated rings. The van der Waals surface area contributed by atoms with E-state index in [0.29, 0.717) is 0 Å². The van der Waals surface area contributed by atoms with E-state index >= 15 is 0 Å². The first-order valence-electron chi connectivity index (χ1n) is 10.4. The minimum atomic E-state index is 0.0385. The van der Waals surface area contributed by atoms with Crippen LogP contribution in [0.1, 0.15) is 48.9 Å². The molecule has 1 amide bonds. The van der Waals surface area contributed by atoms with E-state index in [9.17, 15) is 4.79 Å². The second kappa shape index (κ2) is 10.1. The summed E-state index contributed by atoms with van der Waals surface area (Å²) in [6.07, 6.45) is 2.65. The first-order chi connectivity index (χ1) is 14.0. The first-order valence-corrected chi connectivity index (χ1v) is 10.8. The molecule has 0 bridgehead atoms. The van der Waals surface area contributed by atoms with Crippen molar-refractivity contribution in [2.45, 2.75) is 45.7 Å². The number of carbonyl (C=O) groups excluding carboxylic acids is 1. The number of rotatable bonds is 7. The maximum atomic E-state index is 12.9. The Bertz CT molecular complexity index is 831. The highest BCUT2D eigenvalue weighted by molar-refractivity contribution is 6.30. The normalized spacial score (nSPS) is 16.4. The summed E-state index contributed by atoms with van der Waals surface area (Å²) in [4.78, 5) is 15.3. The Morgan fingerprint density at radius 3 is 2.62 bits per heavy atom. The molecule has 1 atom stereocenters. The van der Waals surface area contributed by atoms with Crippen LogP contribution in [-0.2, 0) is 11.3 Å². The summed E-state index contributed by atoms with van der Waals surface area (Å²) in [5.74, 6) is 1.13. The Kier molecular flexibility index (Phi) is 7.57. The summed E-state index contributed by atoms with van der Waals surface area (Å²) < 4.78 is 5.35. The van der Waals surface area contributed by atoms with Gasteiger partial charge in [-0.15, -0.1) is 0 Å². The average Bonchev–Trinajstić information content (AvgIpc) is 2.72. The molecule has 5 heteroatoms. The quantitative estimate of drug-likeness (QED) is 0.682. The van der Waals surface area contributed by atoms with Gasteiger partial charge in [0.05, 0.1) is 13.2 Å². The van der Waals surface area contributed by atoms with E-state index in [1.807, 2.05) is 37.3 Å². The summed E-state index contributed by atoms with van der Waals surface area (Å²) in [6, 6.07) is 14.2. The van der Waals surface area contributed by atoms with Gasteiger partial charge < -0.3 is 10.1 Å². The van der Waals surface area contributed by atoms with Crippen LogP contribution in [0.5, 0.6) is 5.75 Å². The zero-order valence-corrected chi connectivity index (χ0v) is 18.3. The van der Waals surface area contributed by atoms with Crippen molar-refractivity contribution in [3.05, 3.63) is 64.2 Å². The van der Waals surface area contributed by atoms with E-state index in [0.717, 1.165) is 60.8 Å². The van der Waals surface area contributed by atoms with Crippen molar-refractivity contribution < 1.29 is 9.53 Å². The number of aryl methyl sites for hydroxylation is 1. The van der Waals surface area contributed by atoms with Gasteiger partial charge in [0.1, 0.15) is 5.75 Å². The topological polar surface area (TPSA) is 41.6 Å². The zero-order valence-electron chi connectivity index (χ0n) is 17.6. The minimum absolute atomic E-state index is 0.0385. The lowest BCUT2D eigenvalue weighted by molar-refractivity contribution is -0.127. The molecule has 2 aromatic carbocycles. The lowest BCUT2D eigenvalue weighted by Gasteiger charge is -2.32. The molecule has 0 aromatic heterocycles. The number of ether oxygens (including phenoxy) is 1. The number of hydrogen-bond acceptors (Lipinski definition) is 3. The van der Waals surface area contributed by atoms with Crippen molar-refractivity contribution in [2.24, 2.45) is 5.92 Å². The standard InChI is InChI=1S/C24H31ClN2O2/c1-4-22(20-8-9-23(29-3)17(2)14-20)26-24(28)19-10-12-27(13-11-19)16-18-6-5-7-21(25)15-18/h5-9,14-15,19,22H,4,10-13,16H2,1-3H3,(H,26,28). The maximum absolute atomic E-state index is 12.9. The molecule has 29 heavy (non-hydrogen) atoms. The van der Waals surface area contributed by atoms with Crippen LogP contribution in [0.15, 0.2) is 42.5 Å². The van der Waals surface area contributed by atoms with Gasteiger partial charge in [0.25, 0.3) is 0 Å². The van der Waals surface area contributed by atoms with Crippen molar-refractivity contribution in [3.63, 3.8) is 0 Å². The van der Waals surface area contributed by atoms with Gasteiger partial charge in [-0.05, 0) is 74.2 Å². The molecular weight excluding hydrogens is 384 g/mol. The number of halogens is 1. The number of piperidine rings is 1. The number of benzene rings is 2. The van der Waals surface area contributed by atoms with Crippen LogP contribution >= 0.6 is 11.6 Å². The summed E-state index contributed by atoms with van der Waals surface area (Å²) >= 11 is 6.09. The lowest BCUT2D eigenvalue weighted by Crippen LogP contribution is -2.41. The van der Waals surface area contributed by atoms with Crippen LogP contribution < -0.4 is 10.1 Å². The molecule has 1 aliphatic rings. The number of nitrogens with zero attached hydrogens (tertiary/aromatic N) is 1. The van der Waals surface area contributed by atoms with E-state index < -0.39 is 0 Å². The van der Waals surface area contributed by atoms with Crippen LogP contribution in [0.2, 0.25) is 5.02 Å². The molecule has 0 spiro atoms. The lowest BCUT2D eigenvalue weighted by atomic mass is 9.94. The number of hydrogen-bond donors (Lipinski definition) is 1. The van der Waals surface area contributed by atoms with Gasteiger partial charge >= 0.3 is 0 Å². The SMILES string of the molecule is CCC(NC(=O)C1CCN(Cc2cccc(Cl)c2)CC1)c1ccc(OC)c(C)c1. The van der Waals surface area contributed by atoms with Crippen LogP contribution in [-0.4, -0.2) is 31.0 Å². The molecule has 0 radical (unpaired) electrons. The van der Waals surface area contributed by atoms with Crippen molar-refractivity contribution >= 4 is 17.5 Å². The third-order valence-electron chi connectivity index (χ3n) is 5.80. The van der Waals surface area contributed by atoms with Crippen LogP contribution in [0.3, 0.4) is 0 Å². The van der Waals surface area contributed by atoms with Crippen LogP contribution in [0.25, 0.3) is 0 Å². The predicted molar refractivity (Wildman–Crippen MR) is 118 cm³/mol. The molecule has 0 saturated carbocycles. The molecule has 1 heterocycles. The van der Waals surface area contributed by atoms with Crippen molar-refractivity contribution in [2.75, 3.05) is 20.2 Å². The maximum Gasteiger partial charge on any atom is 0.223 e. The Morgan fingerprint density at radius 2 is 2.00 bits per heavy atom. The fourth-order valence-electron chi connectivity index (χ4n) is 4.08. The van der Waals surface area contributed by atoms with E-state index in [4.69, 9.17) is 16.3 Å². The second-order valence-corrected chi connectivity index (χ2v) is 8.32. The van der Waals surface area contributed by atoms with Crippen LogP contribution in [0, 0.1) is 12.8 Å². The smallest absolute Gasteiger partial charge is 0.223 e. The highest BCUT2D eigenvalue weighted by Gasteiger charge is 2.26. The van der Waals surface area contributed by atoms with Crippen molar-refractivity contribution in [1.29, 1.82) is 0 Å². The Balaban J connectivity index is 1.53. The van der Waals surface area contributed by atoms with Crippen molar-refractivity contribution in [3.8, 4) is 5.75 Å². The molecule has 0 aliphatic carbocycles. The summed E-state index contributed by atoms with van der Waals surface area (Å²) in [5.41, 5.74) is 3.45. The summed E-state index contributed by atoms with van der Waals surface area (Å²) in [7, 11) is 1.68. The van der Waals surface area contributed by atoms with Gasteiger partial charge in [0, 0.05) is 17.5 Å². The molecule has 4 nitrogen and oxygen atoms in total. The summed E-state index contributed by atoms with van der Waals surface area (Å²) in [5, 5.41) is 4.05. The molecule has 1 N–H and O–H groups in total. The molecule has 1 unspecified atom stereocenters. The molecule has 1 aliphatic heterocycles. The van der Waals surface area contributed by atoms with Gasteiger partial charge in [-0.1, -0.05) is 42.8 Å². The summed E-state index contributed by atoms with van der Waals surface area (Å²) in [6.45, 7) is 6.90. The number of methoxy groups -OCH3 is 1. The third kappa shape index (κ3) is 5.74. The Morgan fingerprint density at radius 1 is 1.24 bits per heavy atom. The molecule has 1 saturated heterocycles. The highest BCUT2D eigenvalue weighted by atomic mass is 35.5. The molecule has 2 aromatic rings. The zero-order chi connectivity index (χ0) is 20.8. The van der Waals surface area contributed by atoms with E-state index in [1.54, 1.807) is 7.11 Å². The number of amides is 1. The Hall–Kier alpha value is -2.04. The molecule has 3 rings (SSSR count). The van der Waals surface area contributed by atoms with Gasteiger partial charge in [0.2, 0.25) is 5.91 Å². The number of nitrogens with one attached hydrogen (secondary N) is 1. The fourth-order valence-corrected chi connectivity index (χ4v) is 4.29. The van der Waals surface area contributed by atoms with E-state index in [1.165, 1.54) is 5.56 Å². The van der Waals surface area contributed by atoms with E-state index in [2.05, 4.69) is 29.3 Å². The highest BCUT2D eigenvalue weighted by Crippen LogP contribution is 2.26. The van der Waals surface area contributed by atoms with Gasteiger partial charge in [-0.25, -0.2) is 0 Å². The monoisotopic (exact) mass is 414 g/mol. The fraction of sp³-hybridized carbons (Fsp3) is 0.458.